The molecule has 2 aromatic carbocycles. The van der Waals surface area contributed by atoms with Crippen LogP contribution in [0.3, 0.4) is 0 Å². The van der Waals surface area contributed by atoms with Crippen molar-refractivity contribution in [2.45, 2.75) is 25.8 Å². The van der Waals surface area contributed by atoms with Gasteiger partial charge < -0.3 is 14.8 Å². The molecule has 2 N–H and O–H groups in total. The Morgan fingerprint density at radius 1 is 1.19 bits per heavy atom. The average Bonchev–Trinajstić information content (AvgIpc) is 2.94. The lowest BCUT2D eigenvalue weighted by molar-refractivity contribution is -0.138. The second-order valence-electron chi connectivity index (χ2n) is 6.44. The summed E-state index contributed by atoms with van der Waals surface area (Å²) in [5.74, 6) is -1.26. The van der Waals surface area contributed by atoms with Crippen molar-refractivity contribution in [3.63, 3.8) is 0 Å². The summed E-state index contributed by atoms with van der Waals surface area (Å²) >= 11 is 0. The van der Waals surface area contributed by atoms with Crippen LogP contribution in [-0.2, 0) is 10.3 Å². The van der Waals surface area contributed by atoms with Gasteiger partial charge in [0.05, 0.1) is 17.5 Å². The van der Waals surface area contributed by atoms with E-state index >= 15 is 0 Å². The first-order valence-corrected chi connectivity index (χ1v) is 8.08. The second kappa shape index (κ2) is 6.63. The third-order valence-corrected chi connectivity index (χ3v) is 4.30. The zero-order valence-electron chi connectivity index (χ0n) is 14.4. The first-order chi connectivity index (χ1) is 12.3. The Kier molecular flexibility index (Phi) is 4.50. The SMILES string of the molecule is Cc1cc2c(C(=O)NC(C)(CC(=O)O)c3ccc(F)cc3)cccc2o1. The number of aryl methyl sites for hydroxylation is 1. The standard InChI is InChI=1S/C20H18FNO4/c1-12-10-16-15(4-3-5-17(16)26-12)19(25)22-20(2,11-18(23)24)13-6-8-14(21)9-7-13/h3-10H,11H2,1-2H3,(H,22,25)(H,23,24). The highest BCUT2D eigenvalue weighted by atomic mass is 19.1. The van der Waals surface area contributed by atoms with Crippen LogP contribution in [0.1, 0.15) is 35.0 Å². The van der Waals surface area contributed by atoms with Crippen LogP contribution in [0.15, 0.2) is 52.9 Å². The molecule has 0 spiro atoms. The van der Waals surface area contributed by atoms with E-state index in [1.807, 2.05) is 0 Å². The lowest BCUT2D eigenvalue weighted by Gasteiger charge is -2.30. The van der Waals surface area contributed by atoms with Gasteiger partial charge in [-0.2, -0.15) is 0 Å². The lowest BCUT2D eigenvalue weighted by atomic mass is 9.88. The second-order valence-corrected chi connectivity index (χ2v) is 6.44. The predicted octanol–water partition coefficient (Wildman–Crippen LogP) is 4.00. The number of halogens is 1. The largest absolute Gasteiger partial charge is 0.481 e. The van der Waals surface area contributed by atoms with Crippen molar-refractivity contribution in [1.82, 2.24) is 5.32 Å². The summed E-state index contributed by atoms with van der Waals surface area (Å²) in [6, 6.07) is 12.3. The van der Waals surface area contributed by atoms with E-state index in [1.165, 1.54) is 24.3 Å². The van der Waals surface area contributed by atoms with E-state index in [-0.39, 0.29) is 6.42 Å². The van der Waals surface area contributed by atoms with Gasteiger partial charge in [0.2, 0.25) is 0 Å². The Labute approximate surface area is 149 Å². The molecule has 0 bridgehead atoms. The van der Waals surface area contributed by atoms with Crippen LogP contribution in [0.5, 0.6) is 0 Å². The summed E-state index contributed by atoms with van der Waals surface area (Å²) in [6.45, 7) is 3.39. The van der Waals surface area contributed by atoms with Crippen LogP contribution < -0.4 is 5.32 Å². The van der Waals surface area contributed by atoms with Gasteiger partial charge in [0.1, 0.15) is 17.2 Å². The Morgan fingerprint density at radius 2 is 1.88 bits per heavy atom. The van der Waals surface area contributed by atoms with E-state index in [4.69, 9.17) is 4.42 Å². The molecule has 0 saturated heterocycles. The molecule has 3 aromatic rings. The smallest absolute Gasteiger partial charge is 0.306 e. The molecule has 0 saturated carbocycles. The van der Waals surface area contributed by atoms with Gasteiger partial charge in [-0.3, -0.25) is 9.59 Å². The molecule has 1 atom stereocenters. The van der Waals surface area contributed by atoms with Crippen LogP contribution in [0.2, 0.25) is 0 Å². The first-order valence-electron chi connectivity index (χ1n) is 8.08. The molecule has 3 rings (SSSR count). The molecule has 26 heavy (non-hydrogen) atoms. The van der Waals surface area contributed by atoms with Crippen LogP contribution in [0, 0.1) is 12.7 Å². The van der Waals surface area contributed by atoms with Crippen LogP contribution in [0.4, 0.5) is 4.39 Å². The average molecular weight is 355 g/mol. The minimum atomic E-state index is -1.20. The van der Waals surface area contributed by atoms with Crippen molar-refractivity contribution in [3.8, 4) is 0 Å². The maximum Gasteiger partial charge on any atom is 0.306 e. The predicted molar refractivity (Wildman–Crippen MR) is 94.4 cm³/mol. The Hall–Kier alpha value is -3.15. The monoisotopic (exact) mass is 355 g/mol. The third kappa shape index (κ3) is 3.44. The summed E-state index contributed by atoms with van der Waals surface area (Å²) in [4.78, 5) is 24.2. The topological polar surface area (TPSA) is 79.5 Å². The highest BCUT2D eigenvalue weighted by Gasteiger charge is 2.32. The molecule has 6 heteroatoms. The highest BCUT2D eigenvalue weighted by Crippen LogP contribution is 2.28. The van der Waals surface area contributed by atoms with Gasteiger partial charge in [-0.25, -0.2) is 4.39 Å². The van der Waals surface area contributed by atoms with Gasteiger partial charge in [0.25, 0.3) is 5.91 Å². The van der Waals surface area contributed by atoms with Gasteiger partial charge in [0, 0.05) is 5.39 Å². The molecule has 1 unspecified atom stereocenters. The summed E-state index contributed by atoms with van der Waals surface area (Å²) in [5.41, 5.74) is 0.275. The van der Waals surface area contributed by atoms with Crippen molar-refractivity contribution in [2.24, 2.45) is 0 Å². The Balaban J connectivity index is 1.99. The molecule has 0 aliphatic carbocycles. The highest BCUT2D eigenvalue weighted by molar-refractivity contribution is 6.06. The fraction of sp³-hybridized carbons (Fsp3) is 0.200. The number of hydrogen-bond donors (Lipinski definition) is 2. The van der Waals surface area contributed by atoms with Crippen molar-refractivity contribution >= 4 is 22.8 Å². The number of carboxylic acids is 1. The van der Waals surface area contributed by atoms with Crippen molar-refractivity contribution in [1.29, 1.82) is 0 Å². The molecule has 1 amide bonds. The summed E-state index contributed by atoms with van der Waals surface area (Å²) < 4.78 is 18.8. The third-order valence-electron chi connectivity index (χ3n) is 4.30. The number of amides is 1. The molecule has 0 radical (unpaired) electrons. The fourth-order valence-corrected chi connectivity index (χ4v) is 3.04. The number of benzene rings is 2. The normalized spacial score (nSPS) is 13.3. The van der Waals surface area contributed by atoms with Crippen molar-refractivity contribution in [2.75, 3.05) is 0 Å². The molecule has 0 fully saturated rings. The molecule has 1 heterocycles. The van der Waals surface area contributed by atoms with Crippen molar-refractivity contribution < 1.29 is 23.5 Å². The maximum atomic E-state index is 13.2. The van der Waals surface area contributed by atoms with Gasteiger partial charge >= 0.3 is 5.97 Å². The maximum absolute atomic E-state index is 13.2. The minimum Gasteiger partial charge on any atom is -0.481 e. The first kappa shape index (κ1) is 17.7. The zero-order chi connectivity index (χ0) is 18.9. The van der Waals surface area contributed by atoms with E-state index in [9.17, 15) is 19.1 Å². The summed E-state index contributed by atoms with van der Waals surface area (Å²) in [6.07, 6.45) is -0.342. The number of rotatable bonds is 5. The molecule has 5 nitrogen and oxygen atoms in total. The Morgan fingerprint density at radius 3 is 2.54 bits per heavy atom. The summed E-state index contributed by atoms with van der Waals surface area (Å²) in [7, 11) is 0. The molecular formula is C20H18FNO4. The number of aliphatic carboxylic acids is 1. The Bertz CT molecular complexity index is 977. The van der Waals surface area contributed by atoms with E-state index in [0.29, 0.717) is 27.9 Å². The fourth-order valence-electron chi connectivity index (χ4n) is 3.04. The number of furan rings is 1. The summed E-state index contributed by atoms with van der Waals surface area (Å²) in [5, 5.41) is 12.7. The zero-order valence-corrected chi connectivity index (χ0v) is 14.4. The molecule has 0 aliphatic heterocycles. The molecule has 1 aromatic heterocycles. The number of nitrogens with one attached hydrogen (secondary N) is 1. The lowest BCUT2D eigenvalue weighted by Crippen LogP contribution is -2.45. The van der Waals surface area contributed by atoms with Gasteiger partial charge in [0.15, 0.2) is 0 Å². The number of hydrogen-bond acceptors (Lipinski definition) is 3. The van der Waals surface area contributed by atoms with E-state index in [1.54, 1.807) is 38.1 Å². The van der Waals surface area contributed by atoms with Gasteiger partial charge in [-0.15, -0.1) is 0 Å². The van der Waals surface area contributed by atoms with E-state index in [2.05, 4.69) is 5.32 Å². The number of carboxylic acid groups (broad SMARTS) is 1. The van der Waals surface area contributed by atoms with Gasteiger partial charge in [-0.05, 0) is 49.7 Å². The van der Waals surface area contributed by atoms with E-state index < -0.39 is 23.2 Å². The van der Waals surface area contributed by atoms with Crippen LogP contribution in [-0.4, -0.2) is 17.0 Å². The number of carbonyl (C=O) groups is 2. The minimum absolute atomic E-state index is 0.342. The quantitative estimate of drug-likeness (QED) is 0.725. The number of fused-ring (bicyclic) bond motifs is 1. The van der Waals surface area contributed by atoms with Gasteiger partial charge in [-0.1, -0.05) is 18.2 Å². The van der Waals surface area contributed by atoms with Crippen molar-refractivity contribution in [3.05, 3.63) is 71.2 Å². The van der Waals surface area contributed by atoms with Crippen LogP contribution in [0.25, 0.3) is 11.0 Å². The molecule has 0 aliphatic rings. The van der Waals surface area contributed by atoms with E-state index in [0.717, 1.165) is 0 Å². The molecule has 134 valence electrons. The number of carbonyl (C=O) groups excluding carboxylic acids is 1. The molecular weight excluding hydrogens is 337 g/mol. The van der Waals surface area contributed by atoms with Crippen LogP contribution >= 0.6 is 0 Å².